The first-order valence-corrected chi connectivity index (χ1v) is 4.35. The van der Waals surface area contributed by atoms with E-state index in [0.717, 1.165) is 6.54 Å². The lowest BCUT2D eigenvalue weighted by Gasteiger charge is -1.99. The number of allylic oxidation sites excluding steroid dienone is 5. The van der Waals surface area contributed by atoms with E-state index in [4.69, 9.17) is 0 Å². The molecule has 0 aromatic heterocycles. The summed E-state index contributed by atoms with van der Waals surface area (Å²) < 4.78 is 0. The van der Waals surface area contributed by atoms with Crippen molar-refractivity contribution in [3.8, 4) is 0 Å². The average molecular weight is 165 g/mol. The van der Waals surface area contributed by atoms with Crippen molar-refractivity contribution in [2.75, 3.05) is 13.6 Å². The molecular formula is C11H19N. The van der Waals surface area contributed by atoms with Crippen LogP contribution in [0.4, 0.5) is 0 Å². The zero-order valence-corrected chi connectivity index (χ0v) is 8.52. The summed E-state index contributed by atoms with van der Waals surface area (Å²) in [4.78, 5) is 0. The first-order valence-electron chi connectivity index (χ1n) is 4.35. The lowest BCUT2D eigenvalue weighted by Crippen LogP contribution is -2.08. The van der Waals surface area contributed by atoms with Crippen LogP contribution in [-0.4, -0.2) is 13.6 Å². The van der Waals surface area contributed by atoms with E-state index < -0.39 is 0 Å². The third-order valence-corrected chi connectivity index (χ3v) is 1.56. The van der Waals surface area contributed by atoms with Gasteiger partial charge in [0, 0.05) is 6.54 Å². The second-order valence-corrected chi connectivity index (χ2v) is 2.81. The third kappa shape index (κ3) is 4.91. The van der Waals surface area contributed by atoms with Gasteiger partial charge in [0.2, 0.25) is 0 Å². The third-order valence-electron chi connectivity index (χ3n) is 1.56. The van der Waals surface area contributed by atoms with Crippen LogP contribution in [0.2, 0.25) is 0 Å². The van der Waals surface area contributed by atoms with Crippen LogP contribution in [0, 0.1) is 0 Å². The summed E-state index contributed by atoms with van der Waals surface area (Å²) in [5, 5.41) is 3.12. The monoisotopic (exact) mass is 165 g/mol. The Morgan fingerprint density at radius 2 is 2.00 bits per heavy atom. The van der Waals surface area contributed by atoms with Crippen molar-refractivity contribution in [1.29, 1.82) is 0 Å². The zero-order chi connectivity index (χ0) is 9.40. The van der Waals surface area contributed by atoms with E-state index in [2.05, 4.69) is 43.5 Å². The number of nitrogens with one attached hydrogen (secondary N) is 1. The molecule has 0 fully saturated rings. The Hall–Kier alpha value is -0.820. The fourth-order valence-electron chi connectivity index (χ4n) is 1.03. The minimum atomic E-state index is 0.953. The fourth-order valence-corrected chi connectivity index (χ4v) is 1.03. The SMILES string of the molecule is C\C=C/C(=C\C)/C=C(\C)CNC. The Balaban J connectivity index is 4.26. The molecule has 0 unspecified atom stereocenters. The van der Waals surface area contributed by atoms with Gasteiger partial charge in [-0.15, -0.1) is 0 Å². The summed E-state index contributed by atoms with van der Waals surface area (Å²) in [6.07, 6.45) is 8.47. The zero-order valence-electron chi connectivity index (χ0n) is 8.52. The van der Waals surface area contributed by atoms with Crippen molar-refractivity contribution >= 4 is 0 Å². The van der Waals surface area contributed by atoms with E-state index in [1.807, 2.05) is 14.0 Å². The van der Waals surface area contributed by atoms with E-state index in [1.54, 1.807) is 0 Å². The summed E-state index contributed by atoms with van der Waals surface area (Å²) in [5.41, 5.74) is 2.62. The van der Waals surface area contributed by atoms with Gasteiger partial charge in [0.1, 0.15) is 0 Å². The smallest absolute Gasteiger partial charge is 0.0162 e. The highest BCUT2D eigenvalue weighted by molar-refractivity contribution is 5.32. The van der Waals surface area contributed by atoms with Crippen LogP contribution >= 0.6 is 0 Å². The molecule has 1 nitrogen and oxygen atoms in total. The fraction of sp³-hybridized carbons (Fsp3) is 0.455. The van der Waals surface area contributed by atoms with E-state index in [-0.39, 0.29) is 0 Å². The van der Waals surface area contributed by atoms with Crippen LogP contribution in [-0.2, 0) is 0 Å². The molecule has 0 aromatic rings. The summed E-state index contributed by atoms with van der Waals surface area (Å²) >= 11 is 0. The molecule has 0 heterocycles. The lowest BCUT2D eigenvalue weighted by molar-refractivity contribution is 0.879. The molecular weight excluding hydrogens is 146 g/mol. The van der Waals surface area contributed by atoms with Crippen LogP contribution in [0.15, 0.2) is 35.5 Å². The molecule has 0 aromatic carbocycles. The lowest BCUT2D eigenvalue weighted by atomic mass is 10.1. The van der Waals surface area contributed by atoms with Gasteiger partial charge in [-0.2, -0.15) is 0 Å². The van der Waals surface area contributed by atoms with E-state index in [0.29, 0.717) is 0 Å². The average Bonchev–Trinajstić information content (AvgIpc) is 2.04. The molecule has 0 radical (unpaired) electrons. The minimum Gasteiger partial charge on any atom is -0.316 e. The number of hydrogen-bond donors (Lipinski definition) is 1. The molecule has 0 bridgehead atoms. The van der Waals surface area contributed by atoms with Gasteiger partial charge in [-0.05, 0) is 33.4 Å². The van der Waals surface area contributed by atoms with Crippen molar-refractivity contribution in [2.45, 2.75) is 20.8 Å². The first kappa shape index (κ1) is 11.2. The number of hydrogen-bond acceptors (Lipinski definition) is 1. The predicted octanol–water partition coefficient (Wildman–Crippen LogP) is 2.67. The van der Waals surface area contributed by atoms with Gasteiger partial charge >= 0.3 is 0 Å². The quantitative estimate of drug-likeness (QED) is 0.631. The van der Waals surface area contributed by atoms with Gasteiger partial charge in [-0.3, -0.25) is 0 Å². The predicted molar refractivity (Wildman–Crippen MR) is 56.3 cm³/mol. The van der Waals surface area contributed by atoms with Crippen molar-refractivity contribution in [3.63, 3.8) is 0 Å². The normalized spacial score (nSPS) is 14.3. The molecule has 0 spiro atoms. The summed E-state index contributed by atoms with van der Waals surface area (Å²) in [5.74, 6) is 0. The standard InChI is InChI=1S/C11H19N/c1-5-7-11(6-2)8-10(3)9-12-4/h5-8,12H,9H2,1-4H3/b7-5-,10-8+,11-6+. The highest BCUT2D eigenvalue weighted by Crippen LogP contribution is 2.03. The Morgan fingerprint density at radius 3 is 2.42 bits per heavy atom. The van der Waals surface area contributed by atoms with Gasteiger partial charge in [-0.25, -0.2) is 0 Å². The Labute approximate surface area is 75.9 Å². The highest BCUT2D eigenvalue weighted by atomic mass is 14.8. The van der Waals surface area contributed by atoms with Gasteiger partial charge in [0.05, 0.1) is 0 Å². The Kier molecular flexibility index (Phi) is 6.39. The summed E-state index contributed by atoms with van der Waals surface area (Å²) in [7, 11) is 1.96. The van der Waals surface area contributed by atoms with Crippen molar-refractivity contribution in [2.24, 2.45) is 0 Å². The maximum Gasteiger partial charge on any atom is 0.0162 e. The van der Waals surface area contributed by atoms with Gasteiger partial charge < -0.3 is 5.32 Å². The van der Waals surface area contributed by atoms with Crippen LogP contribution in [0.25, 0.3) is 0 Å². The van der Waals surface area contributed by atoms with Gasteiger partial charge in [0.15, 0.2) is 0 Å². The molecule has 0 saturated heterocycles. The van der Waals surface area contributed by atoms with Crippen LogP contribution < -0.4 is 5.32 Å². The van der Waals surface area contributed by atoms with Crippen molar-refractivity contribution in [1.82, 2.24) is 5.32 Å². The second-order valence-electron chi connectivity index (χ2n) is 2.81. The topological polar surface area (TPSA) is 12.0 Å². The van der Waals surface area contributed by atoms with Gasteiger partial charge in [-0.1, -0.05) is 29.9 Å². The molecule has 0 atom stereocenters. The Morgan fingerprint density at radius 1 is 1.33 bits per heavy atom. The number of rotatable bonds is 4. The maximum atomic E-state index is 3.12. The largest absolute Gasteiger partial charge is 0.316 e. The molecule has 1 heteroatoms. The molecule has 68 valence electrons. The van der Waals surface area contributed by atoms with Crippen molar-refractivity contribution in [3.05, 3.63) is 35.5 Å². The van der Waals surface area contributed by atoms with Gasteiger partial charge in [0.25, 0.3) is 0 Å². The number of likely N-dealkylation sites (N-methyl/N-ethyl adjacent to an activating group) is 1. The highest BCUT2D eigenvalue weighted by Gasteiger charge is 1.87. The minimum absolute atomic E-state index is 0.953. The molecule has 0 rings (SSSR count). The molecule has 0 aliphatic rings. The van der Waals surface area contributed by atoms with Crippen LogP contribution in [0.1, 0.15) is 20.8 Å². The van der Waals surface area contributed by atoms with Crippen LogP contribution in [0.5, 0.6) is 0 Å². The van der Waals surface area contributed by atoms with E-state index >= 15 is 0 Å². The van der Waals surface area contributed by atoms with Crippen LogP contribution in [0.3, 0.4) is 0 Å². The summed E-state index contributed by atoms with van der Waals surface area (Å²) in [6.45, 7) is 7.17. The molecule has 0 saturated carbocycles. The van der Waals surface area contributed by atoms with E-state index in [9.17, 15) is 0 Å². The Bertz CT molecular complexity index is 197. The first-order chi connectivity index (χ1) is 5.74. The van der Waals surface area contributed by atoms with Crippen molar-refractivity contribution < 1.29 is 0 Å². The molecule has 12 heavy (non-hydrogen) atoms. The second kappa shape index (κ2) is 6.86. The summed E-state index contributed by atoms with van der Waals surface area (Å²) in [6, 6.07) is 0. The van der Waals surface area contributed by atoms with E-state index in [1.165, 1.54) is 11.1 Å². The molecule has 0 amide bonds. The molecule has 1 N–H and O–H groups in total. The maximum absolute atomic E-state index is 3.12. The molecule has 0 aliphatic carbocycles. The molecule has 0 aliphatic heterocycles.